The summed E-state index contributed by atoms with van der Waals surface area (Å²) >= 11 is 0. The smallest absolute Gasteiger partial charge is 0.310 e. The minimum absolute atomic E-state index is 0.170. The summed E-state index contributed by atoms with van der Waals surface area (Å²) in [6.45, 7) is 2.22. The van der Waals surface area contributed by atoms with Gasteiger partial charge in [0.15, 0.2) is 6.10 Å². The Hall–Kier alpha value is -2.04. The zero-order valence-electron chi connectivity index (χ0n) is 10.1. The lowest BCUT2D eigenvalue weighted by atomic mass is 10.00. The van der Waals surface area contributed by atoms with E-state index < -0.39 is 18.0 Å². The van der Waals surface area contributed by atoms with E-state index in [-0.39, 0.29) is 19.0 Å². The number of aliphatic carboxylic acids is 1. The van der Waals surface area contributed by atoms with Crippen molar-refractivity contribution in [2.45, 2.75) is 13.0 Å². The predicted octanol–water partition coefficient (Wildman–Crippen LogP) is 0.997. The molecule has 5 nitrogen and oxygen atoms in total. The number of hydrogen-bond acceptors (Lipinski definition) is 3. The number of carbonyl (C=O) groups is 2. The number of hydrogen-bond donors (Lipinski definition) is 1. The Bertz CT molecular complexity index is 440. The summed E-state index contributed by atoms with van der Waals surface area (Å²) < 4.78 is 5.49. The van der Waals surface area contributed by atoms with E-state index in [1.165, 1.54) is 4.90 Å². The molecule has 1 aromatic rings. The monoisotopic (exact) mass is 249 g/mol. The lowest BCUT2D eigenvalue weighted by Crippen LogP contribution is -2.56. The maximum Gasteiger partial charge on any atom is 0.310 e. The van der Waals surface area contributed by atoms with E-state index in [1.54, 1.807) is 19.1 Å². The van der Waals surface area contributed by atoms with Crippen LogP contribution in [0.1, 0.15) is 6.92 Å². The molecule has 5 heteroatoms. The van der Waals surface area contributed by atoms with E-state index in [0.29, 0.717) is 5.75 Å². The third-order valence-electron chi connectivity index (χ3n) is 2.95. The summed E-state index contributed by atoms with van der Waals surface area (Å²) in [6, 6.07) is 9.08. The number of para-hydroxylation sites is 1. The van der Waals surface area contributed by atoms with Crippen molar-refractivity contribution in [2.75, 3.05) is 13.1 Å². The third kappa shape index (κ3) is 2.61. The number of benzene rings is 1. The Morgan fingerprint density at radius 3 is 2.50 bits per heavy atom. The molecular formula is C13H15NO4. The van der Waals surface area contributed by atoms with Crippen LogP contribution in [0.15, 0.2) is 30.3 Å². The summed E-state index contributed by atoms with van der Waals surface area (Å²) in [4.78, 5) is 24.1. The van der Waals surface area contributed by atoms with E-state index in [4.69, 9.17) is 9.84 Å². The van der Waals surface area contributed by atoms with Gasteiger partial charge in [-0.1, -0.05) is 18.2 Å². The van der Waals surface area contributed by atoms with Crippen LogP contribution < -0.4 is 4.74 Å². The summed E-state index contributed by atoms with van der Waals surface area (Å²) in [5.74, 6) is -0.821. The zero-order valence-corrected chi connectivity index (χ0v) is 10.1. The molecule has 18 heavy (non-hydrogen) atoms. The van der Waals surface area contributed by atoms with E-state index in [2.05, 4.69) is 0 Å². The quantitative estimate of drug-likeness (QED) is 0.864. The van der Waals surface area contributed by atoms with Crippen molar-refractivity contribution in [2.24, 2.45) is 5.92 Å². The number of likely N-dealkylation sites (tertiary alicyclic amines) is 1. The molecule has 1 N–H and O–H groups in total. The van der Waals surface area contributed by atoms with Gasteiger partial charge in [-0.3, -0.25) is 9.59 Å². The Labute approximate surface area is 105 Å². The van der Waals surface area contributed by atoms with Crippen LogP contribution >= 0.6 is 0 Å². The topological polar surface area (TPSA) is 66.8 Å². The minimum atomic E-state index is -0.851. The standard InChI is InChI=1S/C13H15NO4/c1-9(18-11-5-3-2-4-6-11)12(15)14-7-10(8-14)13(16)17/h2-6,9-10H,7-8H2,1H3,(H,16,17). The van der Waals surface area contributed by atoms with Crippen molar-refractivity contribution in [1.29, 1.82) is 0 Å². The highest BCUT2D eigenvalue weighted by atomic mass is 16.5. The van der Waals surface area contributed by atoms with E-state index in [9.17, 15) is 9.59 Å². The van der Waals surface area contributed by atoms with Crippen molar-refractivity contribution in [3.8, 4) is 5.75 Å². The van der Waals surface area contributed by atoms with Gasteiger partial charge in [-0.15, -0.1) is 0 Å². The number of carboxylic acid groups (broad SMARTS) is 1. The highest BCUT2D eigenvalue weighted by molar-refractivity contribution is 5.84. The average Bonchev–Trinajstić information content (AvgIpc) is 2.27. The maximum atomic E-state index is 11.9. The first-order valence-corrected chi connectivity index (χ1v) is 5.81. The Balaban J connectivity index is 1.85. The molecule has 1 saturated heterocycles. The second-order valence-corrected chi connectivity index (χ2v) is 4.35. The first-order chi connectivity index (χ1) is 8.58. The van der Waals surface area contributed by atoms with Crippen LogP contribution in [-0.4, -0.2) is 41.1 Å². The van der Waals surface area contributed by atoms with Gasteiger partial charge in [0.05, 0.1) is 5.92 Å². The molecule has 0 saturated carbocycles. The molecule has 2 rings (SSSR count). The SMILES string of the molecule is CC(Oc1ccccc1)C(=O)N1CC(C(=O)O)C1. The van der Waals surface area contributed by atoms with Gasteiger partial charge in [-0.05, 0) is 19.1 Å². The summed E-state index contributed by atoms with van der Waals surface area (Å²) in [7, 11) is 0. The second-order valence-electron chi connectivity index (χ2n) is 4.35. The number of nitrogens with zero attached hydrogens (tertiary/aromatic N) is 1. The van der Waals surface area contributed by atoms with Crippen molar-refractivity contribution in [3.63, 3.8) is 0 Å². The Morgan fingerprint density at radius 2 is 1.94 bits per heavy atom. The first kappa shape index (κ1) is 12.4. The van der Waals surface area contributed by atoms with Gasteiger partial charge >= 0.3 is 5.97 Å². The molecule has 1 atom stereocenters. The van der Waals surface area contributed by atoms with Gasteiger partial charge < -0.3 is 14.7 Å². The number of carboxylic acids is 1. The van der Waals surface area contributed by atoms with Crippen LogP contribution in [0.4, 0.5) is 0 Å². The number of rotatable bonds is 4. The normalized spacial score (nSPS) is 16.8. The Kier molecular flexibility index (Phi) is 3.50. The molecule has 1 fully saturated rings. The third-order valence-corrected chi connectivity index (χ3v) is 2.95. The summed E-state index contributed by atoms with van der Waals surface area (Å²) in [5.41, 5.74) is 0. The van der Waals surface area contributed by atoms with Gasteiger partial charge in [-0.25, -0.2) is 0 Å². The van der Waals surface area contributed by atoms with Crippen molar-refractivity contribution < 1.29 is 19.4 Å². The van der Waals surface area contributed by atoms with Crippen molar-refractivity contribution in [3.05, 3.63) is 30.3 Å². The summed E-state index contributed by atoms with van der Waals surface area (Å²) in [5, 5.41) is 8.74. The molecule has 1 amide bonds. The van der Waals surface area contributed by atoms with Gasteiger partial charge in [0.1, 0.15) is 5.75 Å². The van der Waals surface area contributed by atoms with Crippen LogP contribution in [0.5, 0.6) is 5.75 Å². The van der Waals surface area contributed by atoms with Crippen molar-refractivity contribution >= 4 is 11.9 Å². The molecular weight excluding hydrogens is 234 g/mol. The van der Waals surface area contributed by atoms with Crippen LogP contribution in [0, 0.1) is 5.92 Å². The first-order valence-electron chi connectivity index (χ1n) is 5.81. The van der Waals surface area contributed by atoms with E-state index in [1.807, 2.05) is 18.2 Å². The minimum Gasteiger partial charge on any atom is -0.481 e. The number of amides is 1. The lowest BCUT2D eigenvalue weighted by molar-refractivity contribution is -0.155. The van der Waals surface area contributed by atoms with Crippen LogP contribution in [0.2, 0.25) is 0 Å². The van der Waals surface area contributed by atoms with Crippen molar-refractivity contribution in [1.82, 2.24) is 4.90 Å². The molecule has 0 bridgehead atoms. The average molecular weight is 249 g/mol. The second kappa shape index (κ2) is 5.08. The predicted molar refractivity (Wildman–Crippen MR) is 64.2 cm³/mol. The van der Waals surface area contributed by atoms with Gasteiger partial charge in [0.2, 0.25) is 0 Å². The zero-order chi connectivity index (χ0) is 13.1. The molecule has 0 radical (unpaired) electrons. The molecule has 1 aliphatic heterocycles. The fourth-order valence-corrected chi connectivity index (χ4v) is 1.83. The largest absolute Gasteiger partial charge is 0.481 e. The van der Waals surface area contributed by atoms with Gasteiger partial charge in [0, 0.05) is 13.1 Å². The van der Waals surface area contributed by atoms with E-state index >= 15 is 0 Å². The van der Waals surface area contributed by atoms with Crippen LogP contribution in [-0.2, 0) is 9.59 Å². The summed E-state index contributed by atoms with van der Waals surface area (Å²) in [6.07, 6.45) is -0.595. The highest BCUT2D eigenvalue weighted by Crippen LogP contribution is 2.18. The van der Waals surface area contributed by atoms with Crippen LogP contribution in [0.25, 0.3) is 0 Å². The molecule has 0 aromatic heterocycles. The molecule has 1 aromatic carbocycles. The molecule has 1 unspecified atom stereocenters. The molecule has 0 spiro atoms. The van der Waals surface area contributed by atoms with Gasteiger partial charge in [0.25, 0.3) is 5.91 Å². The molecule has 96 valence electrons. The highest BCUT2D eigenvalue weighted by Gasteiger charge is 2.37. The Morgan fingerprint density at radius 1 is 1.33 bits per heavy atom. The number of ether oxygens (including phenoxy) is 1. The lowest BCUT2D eigenvalue weighted by Gasteiger charge is -2.38. The van der Waals surface area contributed by atoms with Crippen LogP contribution in [0.3, 0.4) is 0 Å². The number of carbonyl (C=O) groups excluding carboxylic acids is 1. The van der Waals surface area contributed by atoms with Gasteiger partial charge in [-0.2, -0.15) is 0 Å². The van der Waals surface area contributed by atoms with E-state index in [0.717, 1.165) is 0 Å². The maximum absolute atomic E-state index is 11.9. The fourth-order valence-electron chi connectivity index (χ4n) is 1.83. The fraction of sp³-hybridized carbons (Fsp3) is 0.385. The molecule has 1 heterocycles. The molecule has 1 aliphatic rings. The molecule has 0 aliphatic carbocycles.